The lowest BCUT2D eigenvalue weighted by Crippen LogP contribution is -2.30. The summed E-state index contributed by atoms with van der Waals surface area (Å²) in [6, 6.07) is 5.14. The van der Waals surface area contributed by atoms with Gasteiger partial charge in [-0.15, -0.1) is 24.0 Å². The van der Waals surface area contributed by atoms with Crippen LogP contribution < -0.4 is 15.8 Å². The van der Waals surface area contributed by atoms with Crippen LogP contribution in [0.2, 0.25) is 5.02 Å². The fourth-order valence-electron chi connectivity index (χ4n) is 1.38. The molecule has 1 rings (SSSR count). The second-order valence-corrected chi connectivity index (χ2v) is 4.49. The summed E-state index contributed by atoms with van der Waals surface area (Å²) in [5.41, 5.74) is 6.38. The van der Waals surface area contributed by atoms with E-state index >= 15 is 0 Å². The average Bonchev–Trinajstić information content (AvgIpc) is 2.44. The number of nitrogens with one attached hydrogen (secondary N) is 1. The highest BCUT2D eigenvalue weighted by Crippen LogP contribution is 2.26. The third-order valence-corrected chi connectivity index (χ3v) is 3.00. The average molecular weight is 427 g/mol. The van der Waals surface area contributed by atoms with Crippen LogP contribution in [0, 0.1) is 0 Å². The number of carbonyl (C=O) groups excluding carboxylic acids is 1. The maximum atomic E-state index is 11.6. The molecular formula is C13H20ClIN4O2. The van der Waals surface area contributed by atoms with Crippen molar-refractivity contribution in [3.8, 4) is 5.75 Å². The van der Waals surface area contributed by atoms with Crippen LogP contribution in [-0.4, -0.2) is 44.0 Å². The van der Waals surface area contributed by atoms with Gasteiger partial charge in [-0.1, -0.05) is 11.6 Å². The highest BCUT2D eigenvalue weighted by Gasteiger charge is 2.06. The van der Waals surface area contributed by atoms with Gasteiger partial charge in [0.15, 0.2) is 5.96 Å². The summed E-state index contributed by atoms with van der Waals surface area (Å²) < 4.78 is 5.05. The molecule has 0 aliphatic heterocycles. The normalized spacial score (nSPS) is 10.6. The highest BCUT2D eigenvalue weighted by molar-refractivity contribution is 14.0. The highest BCUT2D eigenvalue weighted by atomic mass is 127. The number of nitrogens with zero attached hydrogens (tertiary/aromatic N) is 2. The number of guanidine groups is 1. The van der Waals surface area contributed by atoms with Crippen LogP contribution in [0.15, 0.2) is 23.2 Å². The van der Waals surface area contributed by atoms with Gasteiger partial charge in [0, 0.05) is 19.3 Å². The molecule has 1 aromatic carbocycles. The maximum Gasteiger partial charge on any atom is 0.244 e. The van der Waals surface area contributed by atoms with Crippen molar-refractivity contribution in [1.82, 2.24) is 4.90 Å². The van der Waals surface area contributed by atoms with E-state index in [9.17, 15) is 4.79 Å². The van der Waals surface area contributed by atoms with Gasteiger partial charge in [-0.3, -0.25) is 4.79 Å². The number of halogens is 2. The smallest absolute Gasteiger partial charge is 0.244 e. The number of nitrogens with two attached hydrogens (primary N) is 1. The molecular weight excluding hydrogens is 407 g/mol. The van der Waals surface area contributed by atoms with E-state index in [1.165, 1.54) is 0 Å². The maximum absolute atomic E-state index is 11.6. The molecule has 0 heterocycles. The van der Waals surface area contributed by atoms with Crippen LogP contribution in [0.5, 0.6) is 5.75 Å². The van der Waals surface area contributed by atoms with Gasteiger partial charge in [0.05, 0.1) is 12.1 Å². The van der Waals surface area contributed by atoms with Crippen LogP contribution in [0.25, 0.3) is 0 Å². The number of benzene rings is 1. The van der Waals surface area contributed by atoms with E-state index in [2.05, 4.69) is 10.3 Å². The number of ether oxygens (including phenoxy) is 1. The van der Waals surface area contributed by atoms with Crippen LogP contribution >= 0.6 is 35.6 Å². The van der Waals surface area contributed by atoms with Crippen molar-refractivity contribution >= 4 is 53.1 Å². The number of amides is 1. The fourth-order valence-corrected chi connectivity index (χ4v) is 1.64. The van der Waals surface area contributed by atoms with Crippen LogP contribution in [0.4, 0.5) is 5.69 Å². The number of hydrogen-bond acceptors (Lipinski definition) is 3. The molecule has 0 aliphatic carbocycles. The van der Waals surface area contributed by atoms with Gasteiger partial charge < -0.3 is 20.7 Å². The molecule has 1 aromatic rings. The Kier molecular flexibility index (Phi) is 9.11. The first kappa shape index (κ1) is 19.8. The quantitative estimate of drug-likeness (QED) is 0.430. The Labute approximate surface area is 146 Å². The number of methoxy groups -OCH3 is 1. The summed E-state index contributed by atoms with van der Waals surface area (Å²) >= 11 is 5.99. The summed E-state index contributed by atoms with van der Waals surface area (Å²) in [4.78, 5) is 17.1. The zero-order valence-corrected chi connectivity index (χ0v) is 15.3. The molecule has 0 fully saturated rings. The van der Waals surface area contributed by atoms with Crippen LogP contribution in [0.1, 0.15) is 6.92 Å². The Balaban J connectivity index is 0.00000400. The van der Waals surface area contributed by atoms with E-state index in [0.717, 1.165) is 0 Å². The molecule has 0 aromatic heterocycles. The molecule has 0 saturated heterocycles. The summed E-state index contributed by atoms with van der Waals surface area (Å²) in [5.74, 6) is 0.640. The minimum atomic E-state index is -0.0926. The van der Waals surface area contributed by atoms with E-state index in [1.807, 2.05) is 6.92 Å². The van der Waals surface area contributed by atoms with Crippen molar-refractivity contribution in [3.05, 3.63) is 23.2 Å². The first-order valence-corrected chi connectivity index (χ1v) is 6.50. The molecule has 0 atom stereocenters. The summed E-state index contributed by atoms with van der Waals surface area (Å²) in [6.07, 6.45) is 0. The Morgan fingerprint density at radius 2 is 2.19 bits per heavy atom. The number of aliphatic imine (C=N–C) groups is 1. The first-order chi connectivity index (χ1) is 9.47. The monoisotopic (exact) mass is 426 g/mol. The molecule has 118 valence electrons. The minimum absolute atomic E-state index is 0. The Morgan fingerprint density at radius 3 is 2.71 bits per heavy atom. The van der Waals surface area contributed by atoms with Crippen molar-refractivity contribution in [2.45, 2.75) is 6.92 Å². The lowest BCUT2D eigenvalue weighted by Gasteiger charge is -2.13. The molecule has 0 saturated carbocycles. The summed E-state index contributed by atoms with van der Waals surface area (Å²) in [7, 11) is 3.25. The molecule has 0 unspecified atom stereocenters. The zero-order valence-electron chi connectivity index (χ0n) is 12.2. The predicted molar refractivity (Wildman–Crippen MR) is 96.8 cm³/mol. The van der Waals surface area contributed by atoms with Crippen molar-refractivity contribution < 1.29 is 9.53 Å². The van der Waals surface area contributed by atoms with E-state index < -0.39 is 0 Å². The molecule has 1 amide bonds. The number of anilines is 1. The second kappa shape index (κ2) is 9.67. The van der Waals surface area contributed by atoms with Crippen molar-refractivity contribution in [3.63, 3.8) is 0 Å². The summed E-state index contributed by atoms with van der Waals surface area (Å²) in [5, 5.41) is 3.33. The molecule has 6 nitrogen and oxygen atoms in total. The molecule has 0 aliphatic rings. The van der Waals surface area contributed by atoms with Gasteiger partial charge in [-0.25, -0.2) is 4.99 Å². The predicted octanol–water partition coefficient (Wildman–Crippen LogP) is 2.17. The van der Waals surface area contributed by atoms with Gasteiger partial charge in [0.1, 0.15) is 12.3 Å². The van der Waals surface area contributed by atoms with Gasteiger partial charge in [-0.2, -0.15) is 0 Å². The lowest BCUT2D eigenvalue weighted by atomic mass is 10.3. The third kappa shape index (κ3) is 6.38. The van der Waals surface area contributed by atoms with Gasteiger partial charge in [-0.05, 0) is 25.1 Å². The van der Waals surface area contributed by atoms with E-state index in [-0.39, 0.29) is 42.4 Å². The Hall–Kier alpha value is -1.22. The van der Waals surface area contributed by atoms with Crippen molar-refractivity contribution in [1.29, 1.82) is 0 Å². The van der Waals surface area contributed by atoms with E-state index in [4.69, 9.17) is 22.1 Å². The SMILES string of the molecule is CCN(C)C(=O)CN=C(N)Nc1ccc(OC)c(Cl)c1.I. The second-order valence-electron chi connectivity index (χ2n) is 4.08. The molecule has 8 heteroatoms. The van der Waals surface area contributed by atoms with Crippen LogP contribution in [-0.2, 0) is 4.79 Å². The Morgan fingerprint density at radius 1 is 1.52 bits per heavy atom. The zero-order chi connectivity index (χ0) is 15.1. The number of likely N-dealkylation sites (N-methyl/N-ethyl adjacent to an activating group) is 1. The Bertz CT molecular complexity index is 511. The third-order valence-electron chi connectivity index (χ3n) is 2.71. The molecule has 3 N–H and O–H groups in total. The fraction of sp³-hybridized carbons (Fsp3) is 0.385. The topological polar surface area (TPSA) is 80.0 Å². The molecule has 21 heavy (non-hydrogen) atoms. The molecule has 0 radical (unpaired) electrons. The first-order valence-electron chi connectivity index (χ1n) is 6.12. The van der Waals surface area contributed by atoms with E-state index in [0.29, 0.717) is 23.0 Å². The van der Waals surface area contributed by atoms with Crippen molar-refractivity contribution in [2.24, 2.45) is 10.7 Å². The van der Waals surface area contributed by atoms with Crippen molar-refractivity contribution in [2.75, 3.05) is 32.6 Å². The van der Waals surface area contributed by atoms with Gasteiger partial charge in [0.25, 0.3) is 0 Å². The number of hydrogen-bond donors (Lipinski definition) is 2. The lowest BCUT2D eigenvalue weighted by molar-refractivity contribution is -0.128. The summed E-state index contributed by atoms with van der Waals surface area (Å²) in [6.45, 7) is 2.53. The standard InChI is InChI=1S/C13H19ClN4O2.HI/c1-4-18(2)12(19)8-16-13(15)17-9-5-6-11(20-3)10(14)7-9;/h5-7H,4,8H2,1-3H3,(H3,15,16,17);1H. The minimum Gasteiger partial charge on any atom is -0.495 e. The molecule has 0 bridgehead atoms. The van der Waals surface area contributed by atoms with Crippen LogP contribution in [0.3, 0.4) is 0 Å². The van der Waals surface area contributed by atoms with Gasteiger partial charge >= 0.3 is 0 Å². The number of rotatable bonds is 5. The molecule has 0 spiro atoms. The van der Waals surface area contributed by atoms with Gasteiger partial charge in [0.2, 0.25) is 5.91 Å². The van der Waals surface area contributed by atoms with E-state index in [1.54, 1.807) is 37.3 Å². The number of carbonyl (C=O) groups is 1. The largest absolute Gasteiger partial charge is 0.495 e.